The Balaban J connectivity index is 2.62. The zero-order valence-corrected chi connectivity index (χ0v) is 9.88. The van der Waals surface area contributed by atoms with Crippen LogP contribution in [-0.2, 0) is 9.84 Å². The maximum Gasteiger partial charge on any atom is 0.248 e. The van der Waals surface area contributed by atoms with Crippen molar-refractivity contribution < 1.29 is 8.42 Å². The second kappa shape index (κ2) is 3.88. The second-order valence-corrected chi connectivity index (χ2v) is 5.51. The molecule has 0 radical (unpaired) electrons. The fraction of sp³-hybridized carbons (Fsp3) is 0.111. The summed E-state index contributed by atoms with van der Waals surface area (Å²) in [4.78, 5) is 10.5. The lowest BCUT2D eigenvalue weighted by atomic mass is 10.3. The van der Waals surface area contributed by atoms with Crippen LogP contribution in [0.15, 0.2) is 29.6 Å². The quantitative estimate of drug-likeness (QED) is 0.654. The van der Waals surface area contributed by atoms with Crippen LogP contribution in [0.2, 0.25) is 5.15 Å². The van der Waals surface area contributed by atoms with Gasteiger partial charge >= 0.3 is 0 Å². The van der Waals surface area contributed by atoms with Crippen LogP contribution < -0.4 is 0 Å². The van der Waals surface area contributed by atoms with Crippen molar-refractivity contribution in [2.24, 2.45) is 0 Å². The standard InChI is InChI=1S/C9H8ClN3O2S/c1-16(14,15)9-12-7(5-8(10)13-9)6-3-2-4-11-6/h2-5,11H,1H3. The van der Waals surface area contributed by atoms with Gasteiger partial charge < -0.3 is 4.98 Å². The van der Waals surface area contributed by atoms with E-state index in [0.717, 1.165) is 6.26 Å². The third-order valence-corrected chi connectivity index (χ3v) is 2.92. The molecule has 0 spiro atoms. The minimum atomic E-state index is -3.46. The van der Waals surface area contributed by atoms with Gasteiger partial charge in [0.1, 0.15) is 5.15 Å². The minimum absolute atomic E-state index is 0.0972. The molecular formula is C9H8ClN3O2S. The van der Waals surface area contributed by atoms with Crippen LogP contribution in [0, 0.1) is 0 Å². The summed E-state index contributed by atoms with van der Waals surface area (Å²) in [6.45, 7) is 0. The van der Waals surface area contributed by atoms with Gasteiger partial charge in [0.15, 0.2) is 0 Å². The Morgan fingerprint density at radius 2 is 2.12 bits per heavy atom. The number of aromatic amines is 1. The van der Waals surface area contributed by atoms with E-state index in [1.807, 2.05) is 0 Å². The molecule has 0 aliphatic heterocycles. The van der Waals surface area contributed by atoms with E-state index in [1.54, 1.807) is 18.3 Å². The van der Waals surface area contributed by atoms with Gasteiger partial charge in [-0.3, -0.25) is 0 Å². The van der Waals surface area contributed by atoms with Gasteiger partial charge in [0, 0.05) is 18.5 Å². The summed E-state index contributed by atoms with van der Waals surface area (Å²) in [6.07, 6.45) is 2.75. The number of hydrogen-bond donors (Lipinski definition) is 1. The van der Waals surface area contributed by atoms with E-state index in [2.05, 4.69) is 15.0 Å². The smallest absolute Gasteiger partial charge is 0.248 e. The van der Waals surface area contributed by atoms with E-state index >= 15 is 0 Å². The summed E-state index contributed by atoms with van der Waals surface area (Å²) < 4.78 is 22.6. The maximum absolute atomic E-state index is 11.3. The molecule has 2 rings (SSSR count). The summed E-state index contributed by atoms with van der Waals surface area (Å²) in [6, 6.07) is 5.05. The predicted octanol–water partition coefficient (Wildman–Crippen LogP) is 1.53. The first-order valence-electron chi connectivity index (χ1n) is 4.35. The highest BCUT2D eigenvalue weighted by Gasteiger charge is 2.14. The first kappa shape index (κ1) is 11.1. The average molecular weight is 258 g/mol. The number of aromatic nitrogens is 3. The lowest BCUT2D eigenvalue weighted by Gasteiger charge is -2.01. The van der Waals surface area contributed by atoms with Gasteiger partial charge in [-0.15, -0.1) is 0 Å². The van der Waals surface area contributed by atoms with Gasteiger partial charge in [0.2, 0.25) is 15.0 Å². The van der Waals surface area contributed by atoms with Gasteiger partial charge in [-0.2, -0.15) is 0 Å². The Hall–Kier alpha value is -1.40. The van der Waals surface area contributed by atoms with E-state index in [-0.39, 0.29) is 10.3 Å². The molecule has 0 aromatic carbocycles. The first-order chi connectivity index (χ1) is 7.47. The highest BCUT2D eigenvalue weighted by atomic mass is 35.5. The largest absolute Gasteiger partial charge is 0.360 e. The molecule has 2 heterocycles. The van der Waals surface area contributed by atoms with Gasteiger partial charge in [-0.1, -0.05) is 11.6 Å². The first-order valence-corrected chi connectivity index (χ1v) is 6.62. The summed E-state index contributed by atoms with van der Waals surface area (Å²) in [5, 5.41) is -0.176. The van der Waals surface area contributed by atoms with E-state index in [9.17, 15) is 8.42 Å². The van der Waals surface area contributed by atoms with Crippen molar-refractivity contribution in [3.63, 3.8) is 0 Å². The van der Waals surface area contributed by atoms with Crippen LogP contribution in [0.4, 0.5) is 0 Å². The number of sulfone groups is 1. The minimum Gasteiger partial charge on any atom is -0.360 e. The van der Waals surface area contributed by atoms with Crippen molar-refractivity contribution in [2.45, 2.75) is 5.16 Å². The van der Waals surface area contributed by atoms with E-state index in [4.69, 9.17) is 11.6 Å². The van der Waals surface area contributed by atoms with Crippen LogP contribution >= 0.6 is 11.6 Å². The molecule has 1 N–H and O–H groups in total. The van der Waals surface area contributed by atoms with Gasteiger partial charge in [-0.05, 0) is 12.1 Å². The fourth-order valence-electron chi connectivity index (χ4n) is 1.19. The highest BCUT2D eigenvalue weighted by Crippen LogP contribution is 2.19. The number of nitrogens with zero attached hydrogens (tertiary/aromatic N) is 2. The molecule has 0 saturated carbocycles. The topological polar surface area (TPSA) is 75.7 Å². The molecule has 2 aromatic heterocycles. The molecule has 16 heavy (non-hydrogen) atoms. The molecule has 5 nitrogen and oxygen atoms in total. The molecule has 0 bridgehead atoms. The third-order valence-electron chi connectivity index (χ3n) is 1.88. The molecule has 0 amide bonds. The van der Waals surface area contributed by atoms with Gasteiger partial charge in [0.05, 0.1) is 11.4 Å². The van der Waals surface area contributed by atoms with Crippen LogP contribution in [0.25, 0.3) is 11.4 Å². The number of rotatable bonds is 2. The maximum atomic E-state index is 11.3. The SMILES string of the molecule is CS(=O)(=O)c1nc(Cl)cc(-c2ccc[nH]2)n1. The number of nitrogens with one attached hydrogen (secondary N) is 1. The van der Waals surface area contributed by atoms with E-state index in [0.29, 0.717) is 11.4 Å². The summed E-state index contributed by atoms with van der Waals surface area (Å²) in [5.41, 5.74) is 1.14. The van der Waals surface area contributed by atoms with Crippen molar-refractivity contribution >= 4 is 21.4 Å². The second-order valence-electron chi connectivity index (χ2n) is 3.21. The van der Waals surface area contributed by atoms with Crippen molar-refractivity contribution in [3.05, 3.63) is 29.5 Å². The van der Waals surface area contributed by atoms with Crippen LogP contribution in [-0.4, -0.2) is 29.6 Å². The molecule has 0 aliphatic carbocycles. The van der Waals surface area contributed by atoms with Crippen molar-refractivity contribution in [1.82, 2.24) is 15.0 Å². The molecule has 7 heteroatoms. The predicted molar refractivity (Wildman–Crippen MR) is 59.9 cm³/mol. The Morgan fingerprint density at radius 3 is 2.69 bits per heavy atom. The molecule has 0 aliphatic rings. The van der Waals surface area contributed by atoms with Crippen LogP contribution in [0.3, 0.4) is 0 Å². The molecule has 2 aromatic rings. The Bertz CT molecular complexity index is 608. The zero-order chi connectivity index (χ0) is 11.8. The number of hydrogen-bond acceptors (Lipinski definition) is 4. The molecule has 0 saturated heterocycles. The molecule has 0 unspecified atom stereocenters. The van der Waals surface area contributed by atoms with E-state index < -0.39 is 9.84 Å². The molecule has 0 atom stereocenters. The number of halogens is 1. The zero-order valence-electron chi connectivity index (χ0n) is 8.31. The van der Waals surface area contributed by atoms with Gasteiger partial charge in [0.25, 0.3) is 0 Å². The Labute approximate surface area is 97.4 Å². The van der Waals surface area contributed by atoms with Crippen molar-refractivity contribution in [3.8, 4) is 11.4 Å². The monoisotopic (exact) mass is 257 g/mol. The lowest BCUT2D eigenvalue weighted by Crippen LogP contribution is -2.05. The molecular weight excluding hydrogens is 250 g/mol. The Morgan fingerprint density at radius 1 is 1.38 bits per heavy atom. The van der Waals surface area contributed by atoms with Crippen LogP contribution in [0.1, 0.15) is 0 Å². The summed E-state index contributed by atoms with van der Waals surface area (Å²) in [5.74, 6) is 0. The number of H-pyrrole nitrogens is 1. The molecule has 0 fully saturated rings. The third kappa shape index (κ3) is 2.23. The van der Waals surface area contributed by atoms with Crippen molar-refractivity contribution in [1.29, 1.82) is 0 Å². The fourth-order valence-corrected chi connectivity index (χ4v) is 1.95. The van der Waals surface area contributed by atoms with Crippen LogP contribution in [0.5, 0.6) is 0 Å². The molecule has 84 valence electrons. The Kier molecular flexibility index (Phi) is 2.69. The van der Waals surface area contributed by atoms with E-state index in [1.165, 1.54) is 6.07 Å². The van der Waals surface area contributed by atoms with Crippen molar-refractivity contribution in [2.75, 3.05) is 6.26 Å². The summed E-state index contributed by atoms with van der Waals surface area (Å²) >= 11 is 5.74. The normalized spacial score (nSPS) is 11.6. The lowest BCUT2D eigenvalue weighted by molar-refractivity contribution is 0.593. The average Bonchev–Trinajstić information content (AvgIpc) is 2.68. The van der Waals surface area contributed by atoms with Gasteiger partial charge in [-0.25, -0.2) is 18.4 Å². The highest BCUT2D eigenvalue weighted by molar-refractivity contribution is 7.90. The summed E-state index contributed by atoms with van der Waals surface area (Å²) in [7, 11) is -3.46.